The quantitative estimate of drug-likeness (QED) is 0.716. The molecule has 2 aliphatic rings. The molecule has 3 atom stereocenters. The molecule has 0 heterocycles. The Morgan fingerprint density at radius 3 is 2.62 bits per heavy atom. The van der Waals surface area contributed by atoms with Crippen molar-refractivity contribution in [1.29, 1.82) is 0 Å². The maximum Gasteiger partial charge on any atom is 0.0359 e. The number of hydrogen-bond acceptors (Lipinski definition) is 2. The van der Waals surface area contributed by atoms with Gasteiger partial charge in [0.1, 0.15) is 0 Å². The van der Waals surface area contributed by atoms with Gasteiger partial charge < -0.3 is 5.73 Å². The van der Waals surface area contributed by atoms with Crippen molar-refractivity contribution in [1.82, 2.24) is 4.90 Å². The lowest BCUT2D eigenvalue weighted by Gasteiger charge is -2.44. The smallest absolute Gasteiger partial charge is 0.0359 e. The molecule has 2 aliphatic carbocycles. The van der Waals surface area contributed by atoms with Crippen LogP contribution in [0.15, 0.2) is 0 Å². The van der Waals surface area contributed by atoms with E-state index in [1.807, 2.05) is 0 Å². The minimum absolute atomic E-state index is 0.373. The van der Waals surface area contributed by atoms with Crippen molar-refractivity contribution in [2.75, 3.05) is 20.1 Å². The van der Waals surface area contributed by atoms with Crippen molar-refractivity contribution in [2.24, 2.45) is 17.6 Å². The summed E-state index contributed by atoms with van der Waals surface area (Å²) in [6.07, 6.45) is 5.69. The first-order valence-electron chi connectivity index (χ1n) is 5.64. The molecule has 76 valence electrons. The summed E-state index contributed by atoms with van der Waals surface area (Å²) in [4.78, 5) is 2.50. The van der Waals surface area contributed by atoms with Gasteiger partial charge in [-0.3, -0.25) is 4.90 Å². The van der Waals surface area contributed by atoms with E-state index in [0.29, 0.717) is 5.54 Å². The zero-order chi connectivity index (χ0) is 9.47. The van der Waals surface area contributed by atoms with Crippen LogP contribution in [-0.2, 0) is 0 Å². The van der Waals surface area contributed by atoms with Gasteiger partial charge in [0.15, 0.2) is 0 Å². The molecule has 0 aliphatic heterocycles. The van der Waals surface area contributed by atoms with E-state index in [4.69, 9.17) is 5.73 Å². The van der Waals surface area contributed by atoms with E-state index in [2.05, 4.69) is 18.9 Å². The Bertz CT molecular complexity index is 193. The van der Waals surface area contributed by atoms with Crippen molar-refractivity contribution in [2.45, 2.75) is 38.1 Å². The predicted octanol–water partition coefficient (Wildman–Crippen LogP) is 1.46. The summed E-state index contributed by atoms with van der Waals surface area (Å²) in [5.74, 6) is 1.88. The van der Waals surface area contributed by atoms with Gasteiger partial charge in [0, 0.05) is 12.1 Å². The summed E-state index contributed by atoms with van der Waals surface area (Å²) in [6.45, 7) is 4.24. The molecule has 2 rings (SSSR count). The van der Waals surface area contributed by atoms with Gasteiger partial charge >= 0.3 is 0 Å². The standard InChI is InChI=1S/C11H22N2/c1-3-13(2)11(8-12)7-9-4-5-10(11)6-9/h9-10H,3-8,12H2,1-2H3. The molecule has 0 spiro atoms. The van der Waals surface area contributed by atoms with Crippen LogP contribution in [0.1, 0.15) is 32.6 Å². The summed E-state index contributed by atoms with van der Waals surface area (Å²) in [7, 11) is 2.24. The minimum atomic E-state index is 0.373. The number of nitrogens with two attached hydrogens (primary N) is 1. The second-order valence-electron chi connectivity index (χ2n) is 4.90. The molecule has 3 unspecified atom stereocenters. The fraction of sp³-hybridized carbons (Fsp3) is 1.00. The molecule has 0 aromatic carbocycles. The lowest BCUT2D eigenvalue weighted by atomic mass is 9.79. The highest BCUT2D eigenvalue weighted by Gasteiger charge is 2.51. The van der Waals surface area contributed by atoms with E-state index in [9.17, 15) is 0 Å². The Morgan fingerprint density at radius 1 is 1.46 bits per heavy atom. The SMILES string of the molecule is CCN(C)C1(CN)CC2CCC1C2. The molecule has 2 saturated carbocycles. The number of nitrogens with zero attached hydrogens (tertiary/aromatic N) is 1. The molecule has 0 saturated heterocycles. The van der Waals surface area contributed by atoms with E-state index in [0.717, 1.165) is 24.9 Å². The topological polar surface area (TPSA) is 29.3 Å². The fourth-order valence-electron chi connectivity index (χ4n) is 3.60. The van der Waals surface area contributed by atoms with Crippen LogP contribution in [0, 0.1) is 11.8 Å². The number of rotatable bonds is 3. The molecule has 0 amide bonds. The van der Waals surface area contributed by atoms with Gasteiger partial charge in [-0.2, -0.15) is 0 Å². The first-order valence-corrected chi connectivity index (χ1v) is 5.64. The molecule has 2 fully saturated rings. The average Bonchev–Trinajstić information content (AvgIpc) is 2.75. The normalized spacial score (nSPS) is 43.4. The Hall–Kier alpha value is -0.0800. The fourth-order valence-corrected chi connectivity index (χ4v) is 3.60. The molecule has 0 aromatic heterocycles. The van der Waals surface area contributed by atoms with Crippen molar-refractivity contribution in [3.8, 4) is 0 Å². The van der Waals surface area contributed by atoms with E-state index in [-0.39, 0.29) is 0 Å². The molecule has 0 radical (unpaired) electrons. The highest BCUT2D eigenvalue weighted by atomic mass is 15.2. The van der Waals surface area contributed by atoms with Crippen molar-refractivity contribution in [3.63, 3.8) is 0 Å². The van der Waals surface area contributed by atoms with Gasteiger partial charge in [0.2, 0.25) is 0 Å². The zero-order valence-electron chi connectivity index (χ0n) is 8.92. The molecule has 2 heteroatoms. The largest absolute Gasteiger partial charge is 0.329 e. The first kappa shape index (κ1) is 9.47. The Labute approximate surface area is 81.5 Å². The summed E-state index contributed by atoms with van der Waals surface area (Å²) in [5, 5.41) is 0. The first-order chi connectivity index (χ1) is 6.23. The number of hydrogen-bond donors (Lipinski definition) is 1. The maximum atomic E-state index is 5.99. The minimum Gasteiger partial charge on any atom is -0.329 e. The van der Waals surface area contributed by atoms with Gasteiger partial charge in [0.25, 0.3) is 0 Å². The lowest BCUT2D eigenvalue weighted by molar-refractivity contribution is 0.0708. The van der Waals surface area contributed by atoms with E-state index >= 15 is 0 Å². The molecular weight excluding hydrogens is 160 g/mol. The van der Waals surface area contributed by atoms with Crippen LogP contribution in [0.25, 0.3) is 0 Å². The summed E-state index contributed by atoms with van der Waals surface area (Å²) in [5.41, 5.74) is 6.36. The van der Waals surface area contributed by atoms with Crippen LogP contribution in [0.3, 0.4) is 0 Å². The third-order valence-electron chi connectivity index (χ3n) is 4.53. The summed E-state index contributed by atoms with van der Waals surface area (Å²) >= 11 is 0. The van der Waals surface area contributed by atoms with Gasteiger partial charge in [0.05, 0.1) is 0 Å². The summed E-state index contributed by atoms with van der Waals surface area (Å²) < 4.78 is 0. The van der Waals surface area contributed by atoms with Crippen LogP contribution >= 0.6 is 0 Å². The monoisotopic (exact) mass is 182 g/mol. The second kappa shape index (κ2) is 3.25. The third kappa shape index (κ3) is 1.23. The van der Waals surface area contributed by atoms with Gasteiger partial charge in [-0.15, -0.1) is 0 Å². The van der Waals surface area contributed by atoms with Crippen LogP contribution in [-0.4, -0.2) is 30.6 Å². The molecule has 13 heavy (non-hydrogen) atoms. The molecule has 2 nitrogen and oxygen atoms in total. The number of likely N-dealkylation sites (N-methyl/N-ethyl adjacent to an activating group) is 1. The van der Waals surface area contributed by atoms with E-state index < -0.39 is 0 Å². The van der Waals surface area contributed by atoms with Gasteiger partial charge in [-0.25, -0.2) is 0 Å². The van der Waals surface area contributed by atoms with E-state index in [1.54, 1.807) is 0 Å². The highest BCUT2D eigenvalue weighted by molar-refractivity contribution is 5.07. The van der Waals surface area contributed by atoms with Crippen LogP contribution in [0.5, 0.6) is 0 Å². The molecule has 2 bridgehead atoms. The predicted molar refractivity (Wildman–Crippen MR) is 55.5 cm³/mol. The lowest BCUT2D eigenvalue weighted by Crippen LogP contribution is -2.55. The molecule has 2 N–H and O–H groups in total. The van der Waals surface area contributed by atoms with Gasteiger partial charge in [-0.1, -0.05) is 13.3 Å². The second-order valence-corrected chi connectivity index (χ2v) is 4.90. The van der Waals surface area contributed by atoms with Crippen molar-refractivity contribution < 1.29 is 0 Å². The molecular formula is C11H22N2. The van der Waals surface area contributed by atoms with Crippen LogP contribution in [0.2, 0.25) is 0 Å². The Kier molecular flexibility index (Phi) is 2.37. The Morgan fingerprint density at radius 2 is 2.23 bits per heavy atom. The van der Waals surface area contributed by atoms with E-state index in [1.165, 1.54) is 25.7 Å². The maximum absolute atomic E-state index is 5.99. The number of fused-ring (bicyclic) bond motifs is 2. The molecule has 0 aromatic rings. The van der Waals surface area contributed by atoms with Gasteiger partial charge in [-0.05, 0) is 44.7 Å². The zero-order valence-corrected chi connectivity index (χ0v) is 8.92. The van der Waals surface area contributed by atoms with Crippen molar-refractivity contribution >= 4 is 0 Å². The Balaban J connectivity index is 2.16. The average molecular weight is 182 g/mol. The van der Waals surface area contributed by atoms with Crippen LogP contribution in [0.4, 0.5) is 0 Å². The van der Waals surface area contributed by atoms with Crippen molar-refractivity contribution in [3.05, 3.63) is 0 Å². The highest BCUT2D eigenvalue weighted by Crippen LogP contribution is 2.52. The van der Waals surface area contributed by atoms with Crippen LogP contribution < -0.4 is 5.73 Å². The summed E-state index contributed by atoms with van der Waals surface area (Å²) in [6, 6.07) is 0. The third-order valence-corrected chi connectivity index (χ3v) is 4.53.